The topological polar surface area (TPSA) is 51.0 Å². The summed E-state index contributed by atoms with van der Waals surface area (Å²) in [6, 6.07) is 13.2. The first kappa shape index (κ1) is 14.4. The molecule has 20 heavy (non-hydrogen) atoms. The van der Waals surface area contributed by atoms with E-state index in [2.05, 4.69) is 21.1 Å². The Bertz CT molecular complexity index is 597. The molecule has 2 rings (SSSR count). The predicted molar refractivity (Wildman–Crippen MR) is 80.8 cm³/mol. The molecule has 104 valence electrons. The zero-order valence-corrected chi connectivity index (χ0v) is 12.5. The number of halogens is 1. The number of methoxy groups -OCH3 is 1. The van der Waals surface area contributed by atoms with E-state index in [9.17, 15) is 0 Å². The van der Waals surface area contributed by atoms with Crippen LogP contribution in [0.3, 0.4) is 0 Å². The minimum Gasteiger partial charge on any atom is -0.493 e. The van der Waals surface area contributed by atoms with E-state index in [1.165, 1.54) is 6.21 Å². The molecule has 0 saturated heterocycles. The van der Waals surface area contributed by atoms with Gasteiger partial charge in [-0.2, -0.15) is 0 Å². The van der Waals surface area contributed by atoms with Crippen molar-refractivity contribution in [2.24, 2.45) is 5.16 Å². The van der Waals surface area contributed by atoms with Crippen molar-refractivity contribution in [3.8, 4) is 11.5 Å². The fraction of sp³-hybridized carbons (Fsp3) is 0.133. The summed E-state index contributed by atoms with van der Waals surface area (Å²) in [5.74, 6) is 1.24. The highest BCUT2D eigenvalue weighted by molar-refractivity contribution is 9.10. The van der Waals surface area contributed by atoms with Crippen molar-refractivity contribution in [2.75, 3.05) is 7.11 Å². The maximum absolute atomic E-state index is 8.52. The number of hydrogen-bond donors (Lipinski definition) is 1. The Kier molecular flexibility index (Phi) is 5.01. The second kappa shape index (κ2) is 6.96. The molecule has 5 heteroatoms. The maximum Gasteiger partial charge on any atom is 0.161 e. The number of benzene rings is 2. The van der Waals surface area contributed by atoms with Crippen molar-refractivity contribution >= 4 is 22.1 Å². The molecule has 0 aromatic heterocycles. The first-order valence-electron chi connectivity index (χ1n) is 5.95. The average molecular weight is 336 g/mol. The summed E-state index contributed by atoms with van der Waals surface area (Å²) in [5, 5.41) is 11.5. The van der Waals surface area contributed by atoms with Crippen molar-refractivity contribution in [3.63, 3.8) is 0 Å². The van der Waals surface area contributed by atoms with Crippen LogP contribution in [0, 0.1) is 0 Å². The van der Waals surface area contributed by atoms with E-state index in [1.54, 1.807) is 25.3 Å². The highest BCUT2D eigenvalue weighted by Crippen LogP contribution is 2.28. The van der Waals surface area contributed by atoms with Crippen LogP contribution >= 0.6 is 15.9 Å². The lowest BCUT2D eigenvalue weighted by molar-refractivity contribution is 0.284. The summed E-state index contributed by atoms with van der Waals surface area (Å²) in [6.07, 6.45) is 1.33. The largest absolute Gasteiger partial charge is 0.493 e. The third-order valence-electron chi connectivity index (χ3n) is 2.70. The third-order valence-corrected chi connectivity index (χ3v) is 3.23. The number of rotatable bonds is 5. The van der Waals surface area contributed by atoms with Crippen molar-refractivity contribution in [3.05, 3.63) is 58.1 Å². The number of oxime groups is 1. The summed E-state index contributed by atoms with van der Waals surface area (Å²) in [4.78, 5) is 0. The highest BCUT2D eigenvalue weighted by Gasteiger charge is 2.05. The van der Waals surface area contributed by atoms with E-state index < -0.39 is 0 Å². The smallest absolute Gasteiger partial charge is 0.161 e. The highest BCUT2D eigenvalue weighted by atomic mass is 79.9. The molecule has 0 atom stereocenters. The Labute approximate surface area is 125 Å². The molecule has 4 nitrogen and oxygen atoms in total. The van der Waals surface area contributed by atoms with Gasteiger partial charge in [-0.1, -0.05) is 33.2 Å². The summed E-state index contributed by atoms with van der Waals surface area (Å²) >= 11 is 3.39. The standard InChI is InChI=1S/C15H14BrNO3/c1-19-15-8-12(9-17-18)4-7-14(15)20-10-11-2-5-13(16)6-3-11/h2-9,18H,10H2,1H3/b17-9+. The summed E-state index contributed by atoms with van der Waals surface area (Å²) < 4.78 is 12.0. The quantitative estimate of drug-likeness (QED) is 0.513. The minimum absolute atomic E-state index is 0.455. The summed E-state index contributed by atoms with van der Waals surface area (Å²) in [7, 11) is 1.57. The van der Waals surface area contributed by atoms with Crippen LogP contribution in [-0.2, 0) is 6.61 Å². The predicted octanol–water partition coefficient (Wildman–Crippen LogP) is 3.84. The molecule has 0 fully saturated rings. The van der Waals surface area contributed by atoms with Gasteiger partial charge in [0.1, 0.15) is 6.61 Å². The van der Waals surface area contributed by atoms with Crippen LogP contribution in [0.1, 0.15) is 11.1 Å². The van der Waals surface area contributed by atoms with Gasteiger partial charge in [-0.3, -0.25) is 0 Å². The Morgan fingerprint density at radius 2 is 1.90 bits per heavy atom. The van der Waals surface area contributed by atoms with E-state index in [1.807, 2.05) is 24.3 Å². The monoisotopic (exact) mass is 335 g/mol. The van der Waals surface area contributed by atoms with Crippen molar-refractivity contribution < 1.29 is 14.7 Å². The maximum atomic E-state index is 8.52. The molecule has 0 unspecified atom stereocenters. The van der Waals surface area contributed by atoms with Crippen LogP contribution in [0.15, 0.2) is 52.1 Å². The van der Waals surface area contributed by atoms with E-state index in [4.69, 9.17) is 14.7 Å². The van der Waals surface area contributed by atoms with Crippen LogP contribution in [0.5, 0.6) is 11.5 Å². The van der Waals surface area contributed by atoms with Crippen LogP contribution in [0.25, 0.3) is 0 Å². The summed E-state index contributed by atoms with van der Waals surface area (Å²) in [5.41, 5.74) is 1.80. The van der Waals surface area contributed by atoms with Gasteiger partial charge in [0.25, 0.3) is 0 Å². The molecule has 0 amide bonds. The molecular formula is C15H14BrNO3. The number of nitrogens with zero attached hydrogens (tertiary/aromatic N) is 1. The molecule has 1 N–H and O–H groups in total. The van der Waals surface area contributed by atoms with Crippen LogP contribution in [0.4, 0.5) is 0 Å². The van der Waals surface area contributed by atoms with Gasteiger partial charge < -0.3 is 14.7 Å². The first-order chi connectivity index (χ1) is 9.72. The molecule has 0 aliphatic carbocycles. The van der Waals surface area contributed by atoms with Crippen molar-refractivity contribution in [1.29, 1.82) is 0 Å². The zero-order valence-electron chi connectivity index (χ0n) is 10.9. The molecule has 0 radical (unpaired) electrons. The Morgan fingerprint density at radius 1 is 1.15 bits per heavy atom. The van der Waals surface area contributed by atoms with Gasteiger partial charge >= 0.3 is 0 Å². The van der Waals surface area contributed by atoms with E-state index in [0.717, 1.165) is 15.6 Å². The van der Waals surface area contributed by atoms with Crippen molar-refractivity contribution in [2.45, 2.75) is 6.61 Å². The van der Waals surface area contributed by atoms with Crippen LogP contribution < -0.4 is 9.47 Å². The minimum atomic E-state index is 0.455. The number of ether oxygens (including phenoxy) is 2. The van der Waals surface area contributed by atoms with Crippen LogP contribution in [0.2, 0.25) is 0 Å². The van der Waals surface area contributed by atoms with Crippen LogP contribution in [-0.4, -0.2) is 18.5 Å². The van der Waals surface area contributed by atoms with Gasteiger partial charge in [-0.05, 0) is 35.9 Å². The van der Waals surface area contributed by atoms with Gasteiger partial charge in [0, 0.05) is 10.0 Å². The second-order valence-electron chi connectivity index (χ2n) is 4.07. The lowest BCUT2D eigenvalue weighted by Gasteiger charge is -2.11. The molecule has 0 saturated carbocycles. The van der Waals surface area contributed by atoms with Gasteiger partial charge in [0.15, 0.2) is 11.5 Å². The summed E-state index contributed by atoms with van der Waals surface area (Å²) in [6.45, 7) is 0.455. The fourth-order valence-corrected chi connectivity index (χ4v) is 1.96. The SMILES string of the molecule is COc1cc(/C=N/O)ccc1OCc1ccc(Br)cc1. The molecule has 0 bridgehead atoms. The van der Waals surface area contributed by atoms with E-state index in [-0.39, 0.29) is 0 Å². The lowest BCUT2D eigenvalue weighted by atomic mass is 10.2. The molecule has 2 aromatic carbocycles. The second-order valence-corrected chi connectivity index (χ2v) is 4.99. The Morgan fingerprint density at radius 3 is 2.55 bits per heavy atom. The molecule has 0 spiro atoms. The Hall–Kier alpha value is -2.01. The molecule has 0 aliphatic rings. The molecular weight excluding hydrogens is 322 g/mol. The van der Waals surface area contributed by atoms with Crippen molar-refractivity contribution in [1.82, 2.24) is 0 Å². The molecule has 0 heterocycles. The first-order valence-corrected chi connectivity index (χ1v) is 6.75. The van der Waals surface area contributed by atoms with E-state index >= 15 is 0 Å². The zero-order chi connectivity index (χ0) is 14.4. The third kappa shape index (κ3) is 3.74. The molecule has 0 aliphatic heterocycles. The number of hydrogen-bond acceptors (Lipinski definition) is 4. The van der Waals surface area contributed by atoms with Gasteiger partial charge in [-0.25, -0.2) is 0 Å². The van der Waals surface area contributed by atoms with Gasteiger partial charge in [-0.15, -0.1) is 0 Å². The van der Waals surface area contributed by atoms with E-state index in [0.29, 0.717) is 18.1 Å². The average Bonchev–Trinajstić information content (AvgIpc) is 2.47. The normalized spacial score (nSPS) is 10.7. The fourth-order valence-electron chi connectivity index (χ4n) is 1.69. The molecule has 2 aromatic rings. The Balaban J connectivity index is 2.10. The van der Waals surface area contributed by atoms with Gasteiger partial charge in [0.2, 0.25) is 0 Å². The van der Waals surface area contributed by atoms with Gasteiger partial charge in [0.05, 0.1) is 13.3 Å². The lowest BCUT2D eigenvalue weighted by Crippen LogP contribution is -1.98.